The Morgan fingerprint density at radius 1 is 1.35 bits per heavy atom. The lowest BCUT2D eigenvalue weighted by molar-refractivity contribution is 0.335. The molecule has 3 N–H and O–H groups in total. The first kappa shape index (κ1) is 11.9. The van der Waals surface area contributed by atoms with Gasteiger partial charge in [0.25, 0.3) is 0 Å². The third-order valence-corrected chi connectivity index (χ3v) is 3.45. The number of nitrogens with zero attached hydrogens (tertiary/aromatic N) is 1. The summed E-state index contributed by atoms with van der Waals surface area (Å²) in [4.78, 5) is 0. The number of nitriles is 1. The van der Waals surface area contributed by atoms with Gasteiger partial charge in [-0.2, -0.15) is 5.26 Å². The Labute approximate surface area is 103 Å². The molecular formula is C14H19N3. The van der Waals surface area contributed by atoms with Crippen molar-refractivity contribution < 1.29 is 0 Å². The van der Waals surface area contributed by atoms with Crippen LogP contribution in [0.4, 0.5) is 5.69 Å². The largest absolute Gasteiger partial charge is 0.384 e. The normalized spacial score (nSPS) is 24.0. The standard InChI is InChI=1S/C14H19N3/c15-9-12-5-1-2-7-14(12)17-10-11-4-3-6-13(16)8-11/h1-2,5,7,11,13,17H,3-4,6,8,10,16H2. The zero-order chi connectivity index (χ0) is 12.1. The second-order valence-electron chi connectivity index (χ2n) is 4.83. The molecule has 1 saturated carbocycles. The lowest BCUT2D eigenvalue weighted by atomic mass is 9.86. The van der Waals surface area contributed by atoms with Crippen LogP contribution in [0, 0.1) is 17.2 Å². The minimum atomic E-state index is 0.363. The van der Waals surface area contributed by atoms with Crippen LogP contribution in [-0.4, -0.2) is 12.6 Å². The van der Waals surface area contributed by atoms with Gasteiger partial charge in [0.15, 0.2) is 0 Å². The number of nitrogens with two attached hydrogens (primary N) is 1. The van der Waals surface area contributed by atoms with Crippen LogP contribution in [0.2, 0.25) is 0 Å². The third-order valence-electron chi connectivity index (χ3n) is 3.45. The summed E-state index contributed by atoms with van der Waals surface area (Å²) in [6, 6.07) is 10.2. The maximum Gasteiger partial charge on any atom is 0.101 e. The first-order valence-corrected chi connectivity index (χ1v) is 6.28. The van der Waals surface area contributed by atoms with E-state index in [1.54, 1.807) is 0 Å². The molecule has 90 valence electrons. The zero-order valence-electron chi connectivity index (χ0n) is 10.0. The van der Waals surface area contributed by atoms with Crippen LogP contribution >= 0.6 is 0 Å². The molecule has 1 aromatic rings. The summed E-state index contributed by atoms with van der Waals surface area (Å²) < 4.78 is 0. The van der Waals surface area contributed by atoms with Crippen molar-refractivity contribution in [3.63, 3.8) is 0 Å². The second kappa shape index (κ2) is 5.70. The Bertz CT molecular complexity index is 408. The fourth-order valence-electron chi connectivity index (χ4n) is 2.51. The Morgan fingerprint density at radius 3 is 2.94 bits per heavy atom. The molecule has 0 heterocycles. The predicted octanol–water partition coefficient (Wildman–Crippen LogP) is 2.49. The van der Waals surface area contributed by atoms with E-state index in [4.69, 9.17) is 11.0 Å². The predicted molar refractivity (Wildman–Crippen MR) is 69.6 cm³/mol. The number of anilines is 1. The highest BCUT2D eigenvalue weighted by Gasteiger charge is 2.18. The van der Waals surface area contributed by atoms with Gasteiger partial charge >= 0.3 is 0 Å². The topological polar surface area (TPSA) is 61.8 Å². The molecule has 3 heteroatoms. The molecule has 0 amide bonds. The minimum absolute atomic E-state index is 0.363. The molecule has 0 aliphatic heterocycles. The smallest absolute Gasteiger partial charge is 0.101 e. The molecule has 1 aromatic carbocycles. The number of para-hydroxylation sites is 1. The first-order chi connectivity index (χ1) is 8.29. The summed E-state index contributed by atoms with van der Waals surface area (Å²) in [7, 11) is 0. The van der Waals surface area contributed by atoms with E-state index >= 15 is 0 Å². The fourth-order valence-corrected chi connectivity index (χ4v) is 2.51. The van der Waals surface area contributed by atoms with Gasteiger partial charge in [-0.25, -0.2) is 0 Å². The van der Waals surface area contributed by atoms with Gasteiger partial charge in [-0.1, -0.05) is 18.6 Å². The Hall–Kier alpha value is -1.53. The molecule has 3 nitrogen and oxygen atoms in total. The van der Waals surface area contributed by atoms with E-state index in [1.165, 1.54) is 12.8 Å². The van der Waals surface area contributed by atoms with Crippen molar-refractivity contribution in [2.24, 2.45) is 11.7 Å². The monoisotopic (exact) mass is 229 g/mol. The van der Waals surface area contributed by atoms with Gasteiger partial charge in [0.2, 0.25) is 0 Å². The van der Waals surface area contributed by atoms with Crippen LogP contribution in [-0.2, 0) is 0 Å². The summed E-state index contributed by atoms with van der Waals surface area (Å²) in [6.07, 6.45) is 4.73. The van der Waals surface area contributed by atoms with Gasteiger partial charge in [0.1, 0.15) is 6.07 Å². The molecule has 0 saturated heterocycles. The van der Waals surface area contributed by atoms with Crippen LogP contribution in [0.5, 0.6) is 0 Å². The van der Waals surface area contributed by atoms with Crippen molar-refractivity contribution in [3.05, 3.63) is 29.8 Å². The van der Waals surface area contributed by atoms with Crippen LogP contribution in [0.15, 0.2) is 24.3 Å². The number of nitrogens with one attached hydrogen (secondary N) is 1. The molecule has 2 atom stereocenters. The summed E-state index contributed by atoms with van der Waals surface area (Å²) >= 11 is 0. The molecule has 0 bridgehead atoms. The summed E-state index contributed by atoms with van der Waals surface area (Å²) in [5.74, 6) is 0.644. The number of hydrogen-bond acceptors (Lipinski definition) is 3. The highest BCUT2D eigenvalue weighted by atomic mass is 14.9. The Kier molecular flexibility index (Phi) is 4.00. The lowest BCUT2D eigenvalue weighted by Gasteiger charge is -2.27. The molecule has 2 rings (SSSR count). The highest BCUT2D eigenvalue weighted by molar-refractivity contribution is 5.57. The molecule has 1 fully saturated rings. The van der Waals surface area contributed by atoms with E-state index in [1.807, 2.05) is 24.3 Å². The summed E-state index contributed by atoms with van der Waals surface area (Å²) in [5.41, 5.74) is 7.62. The Morgan fingerprint density at radius 2 is 2.18 bits per heavy atom. The summed E-state index contributed by atoms with van der Waals surface area (Å²) in [5, 5.41) is 12.4. The van der Waals surface area contributed by atoms with Gasteiger partial charge in [0.05, 0.1) is 11.3 Å². The lowest BCUT2D eigenvalue weighted by Crippen LogP contribution is -2.31. The van der Waals surface area contributed by atoms with Gasteiger partial charge in [-0.15, -0.1) is 0 Å². The van der Waals surface area contributed by atoms with Crippen LogP contribution in [0.1, 0.15) is 31.2 Å². The van der Waals surface area contributed by atoms with Gasteiger partial charge in [0, 0.05) is 12.6 Å². The van der Waals surface area contributed by atoms with E-state index in [0.717, 1.165) is 25.1 Å². The van der Waals surface area contributed by atoms with E-state index < -0.39 is 0 Å². The van der Waals surface area contributed by atoms with Gasteiger partial charge < -0.3 is 11.1 Å². The van der Waals surface area contributed by atoms with Gasteiger partial charge in [-0.05, 0) is 37.3 Å². The highest BCUT2D eigenvalue weighted by Crippen LogP contribution is 2.24. The second-order valence-corrected chi connectivity index (χ2v) is 4.83. The van der Waals surface area contributed by atoms with Crippen molar-refractivity contribution in [1.82, 2.24) is 0 Å². The number of benzene rings is 1. The van der Waals surface area contributed by atoms with Crippen LogP contribution in [0.25, 0.3) is 0 Å². The van der Waals surface area contributed by atoms with Gasteiger partial charge in [-0.3, -0.25) is 0 Å². The number of hydrogen-bond donors (Lipinski definition) is 2. The molecular weight excluding hydrogens is 210 g/mol. The van der Waals surface area contributed by atoms with Crippen molar-refractivity contribution >= 4 is 5.69 Å². The first-order valence-electron chi connectivity index (χ1n) is 6.28. The average Bonchev–Trinajstić information content (AvgIpc) is 2.37. The van der Waals surface area contributed by atoms with E-state index in [-0.39, 0.29) is 0 Å². The van der Waals surface area contributed by atoms with E-state index in [0.29, 0.717) is 17.5 Å². The van der Waals surface area contributed by atoms with Crippen LogP contribution in [0.3, 0.4) is 0 Å². The van der Waals surface area contributed by atoms with E-state index in [2.05, 4.69) is 11.4 Å². The quantitative estimate of drug-likeness (QED) is 0.837. The minimum Gasteiger partial charge on any atom is -0.384 e. The number of rotatable bonds is 3. The SMILES string of the molecule is N#Cc1ccccc1NCC1CCCC(N)C1. The van der Waals surface area contributed by atoms with Crippen molar-refractivity contribution in [1.29, 1.82) is 5.26 Å². The molecule has 0 aromatic heterocycles. The molecule has 1 aliphatic rings. The molecule has 0 spiro atoms. The molecule has 0 radical (unpaired) electrons. The van der Waals surface area contributed by atoms with Crippen LogP contribution < -0.4 is 11.1 Å². The molecule has 17 heavy (non-hydrogen) atoms. The molecule has 1 aliphatic carbocycles. The average molecular weight is 229 g/mol. The van der Waals surface area contributed by atoms with Crippen molar-refractivity contribution in [2.45, 2.75) is 31.7 Å². The van der Waals surface area contributed by atoms with E-state index in [9.17, 15) is 0 Å². The maximum absolute atomic E-state index is 8.99. The molecule has 2 unspecified atom stereocenters. The summed E-state index contributed by atoms with van der Waals surface area (Å²) in [6.45, 7) is 0.923. The fraction of sp³-hybridized carbons (Fsp3) is 0.500. The maximum atomic E-state index is 8.99. The van der Waals surface area contributed by atoms with Crippen molar-refractivity contribution in [2.75, 3.05) is 11.9 Å². The zero-order valence-corrected chi connectivity index (χ0v) is 10.0. The third kappa shape index (κ3) is 3.21. The Balaban J connectivity index is 1.91. The van der Waals surface area contributed by atoms with Crippen molar-refractivity contribution in [3.8, 4) is 6.07 Å².